The second-order valence-electron chi connectivity index (χ2n) is 3.32. The maximum Gasteiger partial charge on any atom is 0.105 e. The normalized spacial score (nSPS) is 16.6. The van der Waals surface area contributed by atoms with Crippen molar-refractivity contribution >= 4 is 21.6 Å². The third-order valence-electron chi connectivity index (χ3n) is 2.16. The number of hydrogen-bond acceptors (Lipinski definition) is 3. The standard InChI is InChI=1S/C10H12BrNO2/c11-10-3-8(12)2-1-7(10)4-14-9-5-13-6-9/h1-3,9H,4-6,12H2. The van der Waals surface area contributed by atoms with Crippen LogP contribution in [-0.2, 0) is 16.1 Å². The summed E-state index contributed by atoms with van der Waals surface area (Å²) in [7, 11) is 0. The Morgan fingerprint density at radius 2 is 2.29 bits per heavy atom. The molecule has 0 aromatic heterocycles. The fraction of sp³-hybridized carbons (Fsp3) is 0.400. The van der Waals surface area contributed by atoms with Gasteiger partial charge in [-0.25, -0.2) is 0 Å². The first-order valence-electron chi connectivity index (χ1n) is 4.49. The Hall–Kier alpha value is -0.580. The molecule has 0 bridgehead atoms. The van der Waals surface area contributed by atoms with Gasteiger partial charge in [0.1, 0.15) is 6.10 Å². The van der Waals surface area contributed by atoms with E-state index in [4.69, 9.17) is 15.2 Å². The summed E-state index contributed by atoms with van der Waals surface area (Å²) in [5, 5.41) is 0. The third-order valence-corrected chi connectivity index (χ3v) is 2.90. The lowest BCUT2D eigenvalue weighted by molar-refractivity contribution is -0.135. The molecule has 2 N–H and O–H groups in total. The molecule has 1 aromatic rings. The topological polar surface area (TPSA) is 44.5 Å². The molecule has 0 spiro atoms. The van der Waals surface area contributed by atoms with Gasteiger partial charge in [0.2, 0.25) is 0 Å². The van der Waals surface area contributed by atoms with Gasteiger partial charge in [-0.15, -0.1) is 0 Å². The van der Waals surface area contributed by atoms with E-state index in [1.165, 1.54) is 0 Å². The van der Waals surface area contributed by atoms with Crippen molar-refractivity contribution < 1.29 is 9.47 Å². The van der Waals surface area contributed by atoms with Crippen LogP contribution in [0.25, 0.3) is 0 Å². The second-order valence-corrected chi connectivity index (χ2v) is 4.18. The molecule has 1 saturated heterocycles. The average molecular weight is 258 g/mol. The van der Waals surface area contributed by atoms with Crippen LogP contribution in [0.3, 0.4) is 0 Å². The van der Waals surface area contributed by atoms with Crippen molar-refractivity contribution in [1.29, 1.82) is 0 Å². The summed E-state index contributed by atoms with van der Waals surface area (Å²) < 4.78 is 11.6. The fourth-order valence-corrected chi connectivity index (χ4v) is 1.71. The van der Waals surface area contributed by atoms with Crippen molar-refractivity contribution in [3.63, 3.8) is 0 Å². The van der Waals surface area contributed by atoms with E-state index in [0.29, 0.717) is 19.8 Å². The van der Waals surface area contributed by atoms with Crippen molar-refractivity contribution in [1.82, 2.24) is 0 Å². The van der Waals surface area contributed by atoms with E-state index < -0.39 is 0 Å². The Labute approximate surface area is 91.3 Å². The van der Waals surface area contributed by atoms with Crippen molar-refractivity contribution in [3.05, 3.63) is 28.2 Å². The molecule has 1 aliphatic heterocycles. The molecule has 4 heteroatoms. The first kappa shape index (κ1) is 9.96. The summed E-state index contributed by atoms with van der Waals surface area (Å²) >= 11 is 3.45. The van der Waals surface area contributed by atoms with E-state index in [2.05, 4.69) is 15.9 Å². The molecule has 3 nitrogen and oxygen atoms in total. The minimum atomic E-state index is 0.263. The Bertz CT molecular complexity index is 326. The minimum absolute atomic E-state index is 0.263. The number of nitrogens with two attached hydrogens (primary N) is 1. The van der Waals surface area contributed by atoms with Gasteiger partial charge in [-0.05, 0) is 17.7 Å². The monoisotopic (exact) mass is 257 g/mol. The molecular weight excluding hydrogens is 246 g/mol. The number of nitrogen functional groups attached to an aromatic ring is 1. The molecule has 76 valence electrons. The fourth-order valence-electron chi connectivity index (χ4n) is 1.20. The van der Waals surface area contributed by atoms with E-state index in [0.717, 1.165) is 15.7 Å². The third kappa shape index (κ3) is 2.26. The van der Waals surface area contributed by atoms with E-state index >= 15 is 0 Å². The van der Waals surface area contributed by atoms with E-state index in [1.54, 1.807) is 0 Å². The average Bonchev–Trinajstić information content (AvgIpc) is 2.05. The molecule has 0 amide bonds. The minimum Gasteiger partial charge on any atom is -0.399 e. The number of anilines is 1. The summed E-state index contributed by atoms with van der Waals surface area (Å²) in [5.74, 6) is 0. The Balaban J connectivity index is 1.94. The van der Waals surface area contributed by atoms with Gasteiger partial charge < -0.3 is 15.2 Å². The molecule has 0 atom stereocenters. The zero-order valence-corrected chi connectivity index (χ0v) is 9.29. The Morgan fingerprint density at radius 3 is 2.86 bits per heavy atom. The Morgan fingerprint density at radius 1 is 1.50 bits per heavy atom. The van der Waals surface area contributed by atoms with Crippen LogP contribution in [0.1, 0.15) is 5.56 Å². The number of benzene rings is 1. The van der Waals surface area contributed by atoms with E-state index in [-0.39, 0.29) is 6.10 Å². The molecule has 0 unspecified atom stereocenters. The van der Waals surface area contributed by atoms with Crippen molar-refractivity contribution in [2.24, 2.45) is 0 Å². The number of rotatable bonds is 3. The van der Waals surface area contributed by atoms with Crippen LogP contribution in [0, 0.1) is 0 Å². The van der Waals surface area contributed by atoms with Crippen LogP contribution in [0.15, 0.2) is 22.7 Å². The lowest BCUT2D eigenvalue weighted by Gasteiger charge is -2.26. The molecule has 14 heavy (non-hydrogen) atoms. The summed E-state index contributed by atoms with van der Waals surface area (Å²) in [4.78, 5) is 0. The van der Waals surface area contributed by atoms with E-state index in [9.17, 15) is 0 Å². The van der Waals surface area contributed by atoms with Crippen molar-refractivity contribution in [3.8, 4) is 0 Å². The Kier molecular flexibility index (Phi) is 3.05. The number of ether oxygens (including phenoxy) is 2. The van der Waals surface area contributed by atoms with Crippen LogP contribution < -0.4 is 5.73 Å². The highest BCUT2D eigenvalue weighted by atomic mass is 79.9. The van der Waals surface area contributed by atoms with Crippen LogP contribution in [-0.4, -0.2) is 19.3 Å². The highest BCUT2D eigenvalue weighted by molar-refractivity contribution is 9.10. The number of halogens is 1. The number of hydrogen-bond donors (Lipinski definition) is 1. The van der Waals surface area contributed by atoms with Crippen LogP contribution in [0.4, 0.5) is 5.69 Å². The van der Waals surface area contributed by atoms with Gasteiger partial charge in [-0.3, -0.25) is 0 Å². The lowest BCUT2D eigenvalue weighted by Crippen LogP contribution is -2.35. The van der Waals surface area contributed by atoms with Crippen LogP contribution >= 0.6 is 15.9 Å². The molecule has 0 saturated carbocycles. The van der Waals surface area contributed by atoms with Gasteiger partial charge in [0.15, 0.2) is 0 Å². The SMILES string of the molecule is Nc1ccc(COC2COC2)c(Br)c1. The quantitative estimate of drug-likeness (QED) is 0.843. The summed E-state index contributed by atoms with van der Waals surface area (Å²) in [5.41, 5.74) is 7.50. The molecule has 1 aliphatic rings. The molecule has 1 aromatic carbocycles. The molecule has 1 fully saturated rings. The van der Waals surface area contributed by atoms with Gasteiger partial charge in [0.25, 0.3) is 0 Å². The zero-order chi connectivity index (χ0) is 9.97. The molecule has 0 radical (unpaired) electrons. The lowest BCUT2D eigenvalue weighted by atomic mass is 10.2. The summed E-state index contributed by atoms with van der Waals surface area (Å²) in [6.45, 7) is 2.04. The first-order valence-corrected chi connectivity index (χ1v) is 5.28. The largest absolute Gasteiger partial charge is 0.399 e. The molecular formula is C10H12BrNO2. The highest BCUT2D eigenvalue weighted by Gasteiger charge is 2.18. The van der Waals surface area contributed by atoms with Gasteiger partial charge >= 0.3 is 0 Å². The van der Waals surface area contributed by atoms with Crippen LogP contribution in [0.5, 0.6) is 0 Å². The van der Waals surface area contributed by atoms with Crippen molar-refractivity contribution in [2.75, 3.05) is 18.9 Å². The zero-order valence-electron chi connectivity index (χ0n) is 7.70. The van der Waals surface area contributed by atoms with Crippen LogP contribution in [0.2, 0.25) is 0 Å². The van der Waals surface area contributed by atoms with Gasteiger partial charge in [0.05, 0.1) is 19.8 Å². The molecule has 0 aliphatic carbocycles. The molecule has 1 heterocycles. The van der Waals surface area contributed by atoms with Gasteiger partial charge in [0, 0.05) is 10.2 Å². The van der Waals surface area contributed by atoms with Gasteiger partial charge in [-0.1, -0.05) is 22.0 Å². The maximum absolute atomic E-state index is 5.63. The summed E-state index contributed by atoms with van der Waals surface area (Å²) in [6, 6.07) is 5.73. The second kappa shape index (κ2) is 4.29. The first-order chi connectivity index (χ1) is 6.75. The highest BCUT2D eigenvalue weighted by Crippen LogP contribution is 2.21. The predicted molar refractivity (Wildman–Crippen MR) is 58.0 cm³/mol. The maximum atomic E-state index is 5.63. The summed E-state index contributed by atoms with van der Waals surface area (Å²) in [6.07, 6.45) is 0.263. The van der Waals surface area contributed by atoms with Crippen molar-refractivity contribution in [2.45, 2.75) is 12.7 Å². The smallest absolute Gasteiger partial charge is 0.105 e. The predicted octanol–water partition coefficient (Wildman–Crippen LogP) is 1.95. The van der Waals surface area contributed by atoms with Gasteiger partial charge in [-0.2, -0.15) is 0 Å². The van der Waals surface area contributed by atoms with E-state index in [1.807, 2.05) is 18.2 Å². The molecule has 2 rings (SSSR count).